The Morgan fingerprint density at radius 2 is 2.00 bits per heavy atom. The van der Waals surface area contributed by atoms with Crippen LogP contribution in [0, 0.1) is 6.92 Å². The quantitative estimate of drug-likeness (QED) is 0.658. The van der Waals surface area contributed by atoms with Gasteiger partial charge in [-0.25, -0.2) is 4.98 Å². The van der Waals surface area contributed by atoms with Crippen LogP contribution in [0.4, 0.5) is 10.1 Å². The zero-order chi connectivity index (χ0) is 16.9. The van der Waals surface area contributed by atoms with Crippen LogP contribution in [0.15, 0.2) is 24.8 Å². The number of nitrogens with one attached hydrogen (secondary N) is 3. The van der Waals surface area contributed by atoms with Gasteiger partial charge in [-0.3, -0.25) is 9.49 Å². The third-order valence-corrected chi connectivity index (χ3v) is 4.41. The molecule has 1 aliphatic rings. The Hall–Kier alpha value is -2.37. The third-order valence-electron chi connectivity index (χ3n) is 4.41. The number of H-pyrrole nitrogens is 2. The lowest BCUT2D eigenvalue weighted by Crippen LogP contribution is -2.15. The molecule has 0 bridgehead atoms. The maximum absolute atomic E-state index is 10.3. The summed E-state index contributed by atoms with van der Waals surface area (Å²) in [6.07, 6.45) is 12.9. The molecule has 4 rings (SSSR count). The molecule has 3 N–H and O–H groups in total. The first-order chi connectivity index (χ1) is 11.7. The van der Waals surface area contributed by atoms with Crippen LogP contribution in [0.2, 0.25) is 0 Å². The number of anilines is 1. The molecule has 3 aromatic heterocycles. The molecule has 0 radical (unpaired) electrons. The summed E-state index contributed by atoms with van der Waals surface area (Å²) in [4.78, 5) is 7.81. The second-order valence-corrected chi connectivity index (χ2v) is 6.12. The zero-order valence-electron chi connectivity index (χ0n) is 14.2. The number of aromatic amines is 2. The average molecular weight is 329 g/mol. The van der Waals surface area contributed by atoms with E-state index in [0.29, 0.717) is 6.04 Å². The van der Waals surface area contributed by atoms with Crippen LogP contribution in [0.25, 0.3) is 22.2 Å². The summed E-state index contributed by atoms with van der Waals surface area (Å²) >= 11 is 0. The summed E-state index contributed by atoms with van der Waals surface area (Å²) in [5, 5.41) is 11.9. The molecule has 0 amide bonds. The smallest absolute Gasteiger partial charge is 0.139 e. The Balaban J connectivity index is 0.000000526. The van der Waals surface area contributed by atoms with Crippen LogP contribution in [-0.4, -0.2) is 32.9 Å². The van der Waals surface area contributed by atoms with Crippen LogP contribution in [0.5, 0.6) is 0 Å². The van der Waals surface area contributed by atoms with E-state index >= 15 is 0 Å². The number of pyridine rings is 1. The van der Waals surface area contributed by atoms with E-state index in [1.807, 2.05) is 24.8 Å². The zero-order valence-corrected chi connectivity index (χ0v) is 14.2. The van der Waals surface area contributed by atoms with Crippen molar-refractivity contribution in [3.63, 3.8) is 0 Å². The number of hydrogen-bond acceptors (Lipinski definition) is 3. The van der Waals surface area contributed by atoms with E-state index in [4.69, 9.17) is 0 Å². The molecule has 0 saturated heterocycles. The maximum Gasteiger partial charge on any atom is 0.139 e. The Morgan fingerprint density at radius 3 is 2.67 bits per heavy atom. The van der Waals surface area contributed by atoms with Gasteiger partial charge in [0.2, 0.25) is 0 Å². The van der Waals surface area contributed by atoms with Crippen LogP contribution >= 0.6 is 0 Å². The molecule has 0 atom stereocenters. The van der Waals surface area contributed by atoms with Crippen LogP contribution in [-0.2, 0) is 0 Å². The minimum absolute atomic E-state index is 0.250. The van der Waals surface area contributed by atoms with Gasteiger partial charge in [-0.05, 0) is 32.3 Å². The highest BCUT2D eigenvalue weighted by molar-refractivity contribution is 6.00. The lowest BCUT2D eigenvalue weighted by Gasteiger charge is -2.18. The van der Waals surface area contributed by atoms with E-state index in [1.165, 1.54) is 49.2 Å². The van der Waals surface area contributed by atoms with Gasteiger partial charge in [0.15, 0.2) is 0 Å². The molecule has 128 valence electrons. The van der Waals surface area contributed by atoms with E-state index in [0.717, 1.165) is 16.8 Å². The fourth-order valence-electron chi connectivity index (χ4n) is 3.29. The number of fused-ring (bicyclic) bond motifs is 1. The number of aryl methyl sites for hydroxylation is 1. The molecule has 3 aromatic rings. The molecule has 5 nitrogen and oxygen atoms in total. The van der Waals surface area contributed by atoms with E-state index in [9.17, 15) is 4.39 Å². The van der Waals surface area contributed by atoms with E-state index in [-0.39, 0.29) is 6.67 Å². The first-order valence-electron chi connectivity index (χ1n) is 8.53. The van der Waals surface area contributed by atoms with E-state index < -0.39 is 0 Å². The van der Waals surface area contributed by atoms with Gasteiger partial charge >= 0.3 is 0 Å². The van der Waals surface area contributed by atoms with Crippen molar-refractivity contribution in [2.75, 3.05) is 12.0 Å². The number of alkyl halides is 1. The highest BCUT2D eigenvalue weighted by Gasteiger charge is 2.20. The van der Waals surface area contributed by atoms with Crippen LogP contribution in [0.1, 0.15) is 38.2 Å². The molecule has 3 heterocycles. The Labute approximate surface area is 141 Å². The normalized spacial score (nSPS) is 14.6. The summed E-state index contributed by atoms with van der Waals surface area (Å²) in [6, 6.07) is 0.565. The minimum Gasteiger partial charge on any atom is -0.381 e. The molecular formula is C18H24FN5. The van der Waals surface area contributed by atoms with Crippen molar-refractivity contribution in [3.05, 3.63) is 30.4 Å². The fraction of sp³-hybridized carbons (Fsp3) is 0.444. The van der Waals surface area contributed by atoms with Crippen molar-refractivity contribution in [2.24, 2.45) is 0 Å². The topological polar surface area (TPSA) is 69.4 Å². The van der Waals surface area contributed by atoms with Crippen LogP contribution in [0.3, 0.4) is 0 Å². The van der Waals surface area contributed by atoms with Crippen molar-refractivity contribution < 1.29 is 4.39 Å². The molecular weight excluding hydrogens is 305 g/mol. The standard InChI is InChI=1S/C16H19N5.C2H5F/c1-10-6-17-16-14(10)15(21-12-4-2-3-5-12)13(9-18-16)11-7-19-20-8-11;1-2-3/h6-9,12H,2-5H2,1H3,(H,19,20)(H2,17,18,21);2H2,1H3. The predicted octanol–water partition coefficient (Wildman–Crippen LogP) is 4.59. The summed E-state index contributed by atoms with van der Waals surface area (Å²) in [5.41, 5.74) is 5.55. The van der Waals surface area contributed by atoms with Crippen LogP contribution < -0.4 is 5.32 Å². The van der Waals surface area contributed by atoms with E-state index in [2.05, 4.69) is 32.4 Å². The summed E-state index contributed by atoms with van der Waals surface area (Å²) in [6.45, 7) is 3.33. The highest BCUT2D eigenvalue weighted by Crippen LogP contribution is 2.36. The second-order valence-electron chi connectivity index (χ2n) is 6.12. The Morgan fingerprint density at radius 1 is 1.25 bits per heavy atom. The highest BCUT2D eigenvalue weighted by atomic mass is 19.1. The summed E-state index contributed by atoms with van der Waals surface area (Å²) in [5.74, 6) is 0. The number of nitrogens with zero attached hydrogens (tertiary/aromatic N) is 2. The number of hydrogen-bond donors (Lipinski definition) is 3. The lowest BCUT2D eigenvalue weighted by atomic mass is 10.0. The van der Waals surface area contributed by atoms with Crippen molar-refractivity contribution in [1.29, 1.82) is 0 Å². The average Bonchev–Trinajstić information content (AvgIpc) is 3.31. The van der Waals surface area contributed by atoms with Gasteiger partial charge in [-0.1, -0.05) is 12.8 Å². The predicted molar refractivity (Wildman–Crippen MR) is 95.9 cm³/mol. The summed E-state index contributed by atoms with van der Waals surface area (Å²) in [7, 11) is 0. The molecule has 6 heteroatoms. The van der Waals surface area contributed by atoms with Gasteiger partial charge in [-0.15, -0.1) is 0 Å². The summed E-state index contributed by atoms with van der Waals surface area (Å²) < 4.78 is 10.3. The van der Waals surface area contributed by atoms with Crippen molar-refractivity contribution in [2.45, 2.75) is 45.6 Å². The van der Waals surface area contributed by atoms with Gasteiger partial charge in [0.25, 0.3) is 0 Å². The molecule has 1 aliphatic carbocycles. The molecule has 24 heavy (non-hydrogen) atoms. The first-order valence-corrected chi connectivity index (χ1v) is 8.53. The molecule has 0 aromatic carbocycles. The minimum atomic E-state index is -0.250. The SMILES string of the molecule is CCF.Cc1c[nH]c2ncc(-c3cn[nH]c3)c(NC3CCCC3)c12. The Kier molecular flexibility index (Phi) is 5.13. The fourth-order valence-corrected chi connectivity index (χ4v) is 3.29. The van der Waals surface area contributed by atoms with Gasteiger partial charge in [0, 0.05) is 41.1 Å². The van der Waals surface area contributed by atoms with Gasteiger partial charge in [0.05, 0.1) is 18.6 Å². The van der Waals surface area contributed by atoms with Gasteiger partial charge < -0.3 is 10.3 Å². The largest absolute Gasteiger partial charge is 0.381 e. The van der Waals surface area contributed by atoms with Crippen molar-refractivity contribution in [1.82, 2.24) is 20.2 Å². The van der Waals surface area contributed by atoms with E-state index in [1.54, 1.807) is 0 Å². The molecule has 0 unspecified atom stereocenters. The number of rotatable bonds is 3. The second kappa shape index (κ2) is 7.47. The molecule has 0 spiro atoms. The molecule has 1 fully saturated rings. The van der Waals surface area contributed by atoms with Gasteiger partial charge in [0.1, 0.15) is 5.65 Å². The number of halogens is 1. The number of aromatic nitrogens is 4. The maximum atomic E-state index is 10.3. The molecule has 1 saturated carbocycles. The van der Waals surface area contributed by atoms with Crippen molar-refractivity contribution >= 4 is 16.7 Å². The Bertz CT molecular complexity index is 772. The third kappa shape index (κ3) is 3.27. The lowest BCUT2D eigenvalue weighted by molar-refractivity contribution is 0.527. The monoisotopic (exact) mass is 329 g/mol. The van der Waals surface area contributed by atoms with Gasteiger partial charge in [-0.2, -0.15) is 5.10 Å². The molecule has 0 aliphatic heterocycles. The van der Waals surface area contributed by atoms with Crippen molar-refractivity contribution in [3.8, 4) is 11.1 Å². The first kappa shape index (κ1) is 16.5.